The molecule has 9 nitrogen and oxygen atoms in total. The maximum atomic E-state index is 8.63. The van der Waals surface area contributed by atoms with E-state index in [0.29, 0.717) is 11.7 Å². The zero-order chi connectivity index (χ0) is 18.9. The van der Waals surface area contributed by atoms with Crippen LogP contribution in [0.15, 0.2) is 58.6 Å². The molecule has 0 saturated carbocycles. The summed E-state index contributed by atoms with van der Waals surface area (Å²) in [5.41, 5.74) is 3.17. The Hall–Kier alpha value is -2.95. The minimum Gasteiger partial charge on any atom is -0.726 e. The highest BCUT2D eigenvalue weighted by molar-refractivity contribution is 7.79. The van der Waals surface area contributed by atoms with Crippen molar-refractivity contribution in [2.75, 3.05) is 7.05 Å². The maximum Gasteiger partial charge on any atom is 0.242 e. The highest BCUT2D eigenvalue weighted by Crippen LogP contribution is 2.29. The number of para-hydroxylation sites is 2. The largest absolute Gasteiger partial charge is 0.726 e. The van der Waals surface area contributed by atoms with Crippen LogP contribution in [-0.4, -0.2) is 44.9 Å². The Labute approximate surface area is 149 Å². The fourth-order valence-electron chi connectivity index (χ4n) is 2.65. The molecule has 3 aromatic rings. The Bertz CT molecular complexity index is 1140. The zero-order valence-corrected chi connectivity index (χ0v) is 14.8. The summed E-state index contributed by atoms with van der Waals surface area (Å²) < 4.78 is 36.5. The number of aryl methyl sites for hydroxylation is 1. The molecule has 0 radical (unpaired) electrons. The van der Waals surface area contributed by atoms with Crippen LogP contribution < -0.4 is 0 Å². The molecule has 26 heavy (non-hydrogen) atoms. The number of rotatable bonds is 1. The van der Waals surface area contributed by atoms with Crippen LogP contribution in [0.1, 0.15) is 5.56 Å². The number of hydrogen-bond acceptors (Lipinski definition) is 5. The summed E-state index contributed by atoms with van der Waals surface area (Å²) in [6.07, 6.45) is 0. The molecule has 0 bridgehead atoms. The van der Waals surface area contributed by atoms with E-state index < -0.39 is 10.4 Å². The van der Waals surface area contributed by atoms with Crippen LogP contribution in [-0.2, 0) is 17.4 Å². The summed E-state index contributed by atoms with van der Waals surface area (Å²) in [4.78, 5) is 4.68. The van der Waals surface area contributed by atoms with Gasteiger partial charge in [-0.25, -0.2) is 13.4 Å². The van der Waals surface area contributed by atoms with E-state index in [1.165, 1.54) is 0 Å². The summed E-state index contributed by atoms with van der Waals surface area (Å²) in [5, 5.41) is 10.0. The lowest BCUT2D eigenvalue weighted by Crippen LogP contribution is -1.92. The first-order valence-electron chi connectivity index (χ1n) is 7.47. The maximum absolute atomic E-state index is 8.63. The predicted octanol–water partition coefficient (Wildman–Crippen LogP) is 2.40. The van der Waals surface area contributed by atoms with Crippen molar-refractivity contribution >= 4 is 38.6 Å². The number of hydrogen-bond donors (Lipinski definition) is 1. The van der Waals surface area contributed by atoms with Gasteiger partial charge in [-0.15, -0.1) is 0 Å². The van der Waals surface area contributed by atoms with E-state index in [2.05, 4.69) is 15.2 Å². The van der Waals surface area contributed by atoms with Crippen molar-refractivity contribution < 1.29 is 22.2 Å². The van der Waals surface area contributed by atoms with Gasteiger partial charge in [0.25, 0.3) is 0 Å². The first kappa shape index (κ1) is 17.9. The second-order valence-electron chi connectivity index (χ2n) is 5.47. The smallest absolute Gasteiger partial charge is 0.242 e. The second kappa shape index (κ2) is 6.75. The van der Waals surface area contributed by atoms with Crippen molar-refractivity contribution in [3.63, 3.8) is 0 Å². The molecule has 0 aliphatic carbocycles. The van der Waals surface area contributed by atoms with Crippen molar-refractivity contribution in [3.05, 3.63) is 54.1 Å². The molecule has 1 aliphatic heterocycles. The average Bonchev–Trinajstić information content (AvgIpc) is 3.05. The lowest BCUT2D eigenvalue weighted by molar-refractivity contribution is -0.469. The number of fused-ring (bicyclic) bond motifs is 2. The first-order valence-corrected chi connectivity index (χ1v) is 8.84. The van der Waals surface area contributed by atoms with Gasteiger partial charge in [0.15, 0.2) is 12.9 Å². The van der Waals surface area contributed by atoms with Crippen LogP contribution in [0.3, 0.4) is 0 Å². The normalized spacial score (nSPS) is 14.8. The lowest BCUT2D eigenvalue weighted by atomic mass is 10.2. The predicted molar refractivity (Wildman–Crippen MR) is 94.0 cm³/mol. The van der Waals surface area contributed by atoms with Gasteiger partial charge in [0, 0.05) is 23.6 Å². The van der Waals surface area contributed by atoms with Crippen LogP contribution in [0, 0.1) is 0 Å². The van der Waals surface area contributed by atoms with Gasteiger partial charge in [0.2, 0.25) is 21.9 Å². The van der Waals surface area contributed by atoms with Gasteiger partial charge < -0.3 is 4.55 Å². The Morgan fingerprint density at radius 3 is 2.50 bits per heavy atom. The van der Waals surface area contributed by atoms with Crippen LogP contribution >= 0.6 is 0 Å². The van der Waals surface area contributed by atoms with Crippen molar-refractivity contribution in [2.24, 2.45) is 17.2 Å². The molecule has 2 aromatic carbocycles. The number of nitrogens with zero attached hydrogens (tertiary/aromatic N) is 5. The second-order valence-corrected chi connectivity index (χ2v) is 6.32. The van der Waals surface area contributed by atoms with Gasteiger partial charge in [-0.1, -0.05) is 29.0 Å². The Morgan fingerprint density at radius 1 is 1.15 bits per heavy atom. The minimum absolute atomic E-state index is 0.706. The number of amidine groups is 1. The van der Waals surface area contributed by atoms with Crippen molar-refractivity contribution in [1.29, 1.82) is 0 Å². The Balaban J connectivity index is 0.000000349. The molecule has 0 saturated heterocycles. The fourth-order valence-corrected chi connectivity index (χ4v) is 2.65. The van der Waals surface area contributed by atoms with Gasteiger partial charge in [0.05, 0.1) is 11.1 Å². The molecule has 1 aromatic heterocycles. The first-order chi connectivity index (χ1) is 12.2. The number of aliphatic imine (C=N–C) groups is 1. The molecule has 1 N–H and O–H groups in total. The quantitative estimate of drug-likeness (QED) is 0.398. The molecule has 0 amide bonds. The molecule has 2 heterocycles. The molecule has 1 aliphatic rings. The highest BCUT2D eigenvalue weighted by atomic mass is 32.3. The Kier molecular flexibility index (Phi) is 4.64. The molecule has 4 rings (SSSR count). The number of aromatic nitrogens is 2. The van der Waals surface area contributed by atoms with E-state index in [0.717, 1.165) is 22.2 Å². The average molecular weight is 373 g/mol. The standard InChI is InChI=1S/C16H14N5.H2O4S/c1-20-13-9-5-3-7-11(13)15(18-20)17-16-12-8-4-6-10-14(12)21(2)19-16;1-5(2,3)4/h3-10H,1-2H3;(H2,1,2,3,4)/q+1;/p-1. The lowest BCUT2D eigenvalue weighted by Gasteiger charge is -1.92. The molecule has 0 atom stereocenters. The summed E-state index contributed by atoms with van der Waals surface area (Å²) >= 11 is 0. The number of benzene rings is 2. The van der Waals surface area contributed by atoms with Crippen LogP contribution in [0.5, 0.6) is 0 Å². The third-order valence-electron chi connectivity index (χ3n) is 3.69. The van der Waals surface area contributed by atoms with Crippen molar-refractivity contribution in [2.45, 2.75) is 0 Å². The Morgan fingerprint density at radius 2 is 1.77 bits per heavy atom. The monoisotopic (exact) mass is 373 g/mol. The van der Waals surface area contributed by atoms with Gasteiger partial charge in [-0.3, -0.25) is 9.23 Å². The van der Waals surface area contributed by atoms with Gasteiger partial charge in [-0.05, 0) is 18.2 Å². The molecule has 134 valence electrons. The van der Waals surface area contributed by atoms with E-state index in [4.69, 9.17) is 17.5 Å². The van der Waals surface area contributed by atoms with Crippen LogP contribution in [0.2, 0.25) is 0 Å². The zero-order valence-electron chi connectivity index (χ0n) is 13.9. The summed E-state index contributed by atoms with van der Waals surface area (Å²) in [7, 11) is -1.06. The van der Waals surface area contributed by atoms with E-state index in [1.54, 1.807) is 0 Å². The third-order valence-corrected chi connectivity index (χ3v) is 3.69. The molecule has 10 heteroatoms. The summed E-state index contributed by atoms with van der Waals surface area (Å²) in [6.45, 7) is 0. The van der Waals surface area contributed by atoms with E-state index in [-0.39, 0.29) is 0 Å². The van der Waals surface area contributed by atoms with Crippen molar-refractivity contribution in [3.8, 4) is 0 Å². The topological polar surface area (TPSA) is 123 Å². The van der Waals surface area contributed by atoms with E-state index in [1.807, 2.05) is 72.0 Å². The summed E-state index contributed by atoms with van der Waals surface area (Å²) in [5.74, 6) is 1.41. The van der Waals surface area contributed by atoms with Gasteiger partial charge in [0.1, 0.15) is 0 Å². The van der Waals surface area contributed by atoms with Gasteiger partial charge in [-0.2, -0.15) is 5.10 Å². The van der Waals surface area contributed by atoms with Crippen molar-refractivity contribution in [1.82, 2.24) is 9.78 Å². The molecule has 0 unspecified atom stereocenters. The SMILES string of the molecule is Cn1nc(N=C2N=[N+](C)c3ccccc32)c2ccccc21.O=S(=O)([O-])O. The van der Waals surface area contributed by atoms with Crippen LogP contribution in [0.4, 0.5) is 11.5 Å². The number of azo groups is 2. The van der Waals surface area contributed by atoms with Crippen LogP contribution in [0.25, 0.3) is 10.9 Å². The third kappa shape index (κ3) is 3.82. The molecular formula is C16H15N5O4S. The molecule has 0 fully saturated rings. The van der Waals surface area contributed by atoms with E-state index >= 15 is 0 Å². The fraction of sp³-hybridized carbons (Fsp3) is 0.125. The van der Waals surface area contributed by atoms with E-state index in [9.17, 15) is 0 Å². The molecule has 0 spiro atoms. The highest BCUT2D eigenvalue weighted by Gasteiger charge is 2.26. The molecular weight excluding hydrogens is 358 g/mol. The van der Waals surface area contributed by atoms with Gasteiger partial charge >= 0.3 is 0 Å². The minimum atomic E-state index is -4.92. The summed E-state index contributed by atoms with van der Waals surface area (Å²) in [6, 6.07) is 16.2.